The molecule has 4 heteroatoms. The van der Waals surface area contributed by atoms with E-state index in [1.807, 2.05) is 0 Å². The SMILES string of the molecule is COc1cc2c(cc1CC(=O)O)C(=O)CC2. The molecule has 1 aliphatic rings. The number of carboxylic acids is 1. The summed E-state index contributed by atoms with van der Waals surface area (Å²) in [5.74, 6) is -0.288. The molecule has 0 saturated heterocycles. The standard InChI is InChI=1S/C12H12O4/c1-16-11-5-7-2-3-10(13)9(7)4-8(11)6-12(14)15/h4-5H,2-3,6H2,1H3,(H,14,15). The largest absolute Gasteiger partial charge is 0.496 e. The minimum Gasteiger partial charge on any atom is -0.496 e. The van der Waals surface area contributed by atoms with Crippen molar-refractivity contribution in [2.75, 3.05) is 7.11 Å². The molecule has 1 N–H and O–H groups in total. The lowest BCUT2D eigenvalue weighted by Gasteiger charge is -2.09. The molecular weight excluding hydrogens is 208 g/mol. The van der Waals surface area contributed by atoms with Crippen molar-refractivity contribution in [1.82, 2.24) is 0 Å². The third-order valence-corrected chi connectivity index (χ3v) is 2.77. The fourth-order valence-electron chi connectivity index (χ4n) is 2.01. The average molecular weight is 220 g/mol. The minimum atomic E-state index is -0.927. The summed E-state index contributed by atoms with van der Waals surface area (Å²) in [6.45, 7) is 0. The van der Waals surface area contributed by atoms with Crippen molar-refractivity contribution in [2.24, 2.45) is 0 Å². The molecule has 2 rings (SSSR count). The van der Waals surface area contributed by atoms with Gasteiger partial charge in [-0.2, -0.15) is 0 Å². The lowest BCUT2D eigenvalue weighted by molar-refractivity contribution is -0.136. The molecule has 1 aromatic rings. The van der Waals surface area contributed by atoms with Crippen LogP contribution in [-0.4, -0.2) is 24.0 Å². The van der Waals surface area contributed by atoms with Gasteiger partial charge in [0.05, 0.1) is 13.5 Å². The summed E-state index contributed by atoms with van der Waals surface area (Å²) in [5, 5.41) is 8.76. The third-order valence-electron chi connectivity index (χ3n) is 2.77. The van der Waals surface area contributed by atoms with E-state index in [0.29, 0.717) is 23.3 Å². The Balaban J connectivity index is 2.47. The number of Topliss-reactive ketones (excluding diaryl/α,β-unsaturated/α-hetero) is 1. The van der Waals surface area contributed by atoms with Crippen LogP contribution < -0.4 is 4.74 Å². The smallest absolute Gasteiger partial charge is 0.307 e. The van der Waals surface area contributed by atoms with E-state index in [9.17, 15) is 9.59 Å². The first kappa shape index (κ1) is 10.7. The first-order valence-corrected chi connectivity index (χ1v) is 5.06. The molecular formula is C12H12O4. The van der Waals surface area contributed by atoms with Gasteiger partial charge in [-0.05, 0) is 24.1 Å². The summed E-state index contributed by atoms with van der Waals surface area (Å²) >= 11 is 0. The van der Waals surface area contributed by atoms with Crippen LogP contribution in [-0.2, 0) is 17.6 Å². The van der Waals surface area contributed by atoms with Crippen molar-refractivity contribution in [1.29, 1.82) is 0 Å². The highest BCUT2D eigenvalue weighted by Gasteiger charge is 2.22. The van der Waals surface area contributed by atoms with Gasteiger partial charge in [0.2, 0.25) is 0 Å². The van der Waals surface area contributed by atoms with Crippen LogP contribution in [0.4, 0.5) is 0 Å². The van der Waals surface area contributed by atoms with Crippen molar-refractivity contribution >= 4 is 11.8 Å². The Labute approximate surface area is 92.8 Å². The first-order chi connectivity index (χ1) is 7.61. The molecule has 0 heterocycles. The zero-order valence-corrected chi connectivity index (χ0v) is 8.95. The van der Waals surface area contributed by atoms with Gasteiger partial charge < -0.3 is 9.84 Å². The summed E-state index contributed by atoms with van der Waals surface area (Å²) in [5.41, 5.74) is 2.16. The molecule has 0 amide bonds. The Bertz CT molecular complexity index is 462. The van der Waals surface area contributed by atoms with Crippen LogP contribution in [0, 0.1) is 0 Å². The minimum absolute atomic E-state index is 0.0873. The van der Waals surface area contributed by atoms with Gasteiger partial charge in [-0.15, -0.1) is 0 Å². The third kappa shape index (κ3) is 1.78. The zero-order chi connectivity index (χ0) is 11.7. The predicted molar refractivity (Wildman–Crippen MR) is 57.0 cm³/mol. The quantitative estimate of drug-likeness (QED) is 0.837. The van der Waals surface area contributed by atoms with Gasteiger partial charge in [-0.25, -0.2) is 0 Å². The molecule has 0 aromatic heterocycles. The normalized spacial score (nSPS) is 13.7. The molecule has 16 heavy (non-hydrogen) atoms. The summed E-state index contributed by atoms with van der Waals surface area (Å²) in [4.78, 5) is 22.2. The highest BCUT2D eigenvalue weighted by Crippen LogP contribution is 2.30. The number of aryl methyl sites for hydroxylation is 1. The summed E-state index contributed by atoms with van der Waals surface area (Å²) < 4.78 is 5.13. The Morgan fingerprint density at radius 3 is 2.81 bits per heavy atom. The molecule has 0 spiro atoms. The van der Waals surface area contributed by atoms with E-state index < -0.39 is 5.97 Å². The number of ketones is 1. The van der Waals surface area contributed by atoms with Gasteiger partial charge in [0, 0.05) is 17.5 Å². The second kappa shape index (κ2) is 3.96. The average Bonchev–Trinajstić information content (AvgIpc) is 2.58. The number of hydrogen-bond donors (Lipinski definition) is 1. The van der Waals surface area contributed by atoms with Crippen molar-refractivity contribution in [2.45, 2.75) is 19.3 Å². The molecule has 0 fully saturated rings. The number of carboxylic acid groups (broad SMARTS) is 1. The first-order valence-electron chi connectivity index (χ1n) is 5.06. The Kier molecular flexibility index (Phi) is 2.64. The van der Waals surface area contributed by atoms with Crippen molar-refractivity contribution < 1.29 is 19.4 Å². The van der Waals surface area contributed by atoms with Crippen LogP contribution >= 0.6 is 0 Å². The van der Waals surface area contributed by atoms with Gasteiger partial charge in [0.25, 0.3) is 0 Å². The molecule has 0 aliphatic heterocycles. The Hall–Kier alpha value is -1.84. The van der Waals surface area contributed by atoms with Crippen LogP contribution in [0.15, 0.2) is 12.1 Å². The van der Waals surface area contributed by atoms with Gasteiger partial charge in [-0.1, -0.05) is 0 Å². The number of methoxy groups -OCH3 is 1. The molecule has 0 atom stereocenters. The van der Waals surface area contributed by atoms with E-state index in [0.717, 1.165) is 12.0 Å². The van der Waals surface area contributed by atoms with Crippen molar-refractivity contribution in [3.05, 3.63) is 28.8 Å². The number of hydrogen-bond acceptors (Lipinski definition) is 3. The van der Waals surface area contributed by atoms with Gasteiger partial charge in [0.1, 0.15) is 5.75 Å². The lowest BCUT2D eigenvalue weighted by atomic mass is 10.0. The number of rotatable bonds is 3. The van der Waals surface area contributed by atoms with E-state index >= 15 is 0 Å². The fraction of sp³-hybridized carbons (Fsp3) is 0.333. The molecule has 4 nitrogen and oxygen atoms in total. The molecule has 0 unspecified atom stereocenters. The Morgan fingerprint density at radius 1 is 1.44 bits per heavy atom. The molecule has 1 aliphatic carbocycles. The molecule has 1 aromatic carbocycles. The molecule has 0 bridgehead atoms. The van der Waals surface area contributed by atoms with Gasteiger partial charge in [-0.3, -0.25) is 9.59 Å². The topological polar surface area (TPSA) is 63.6 Å². The van der Waals surface area contributed by atoms with Crippen LogP contribution in [0.1, 0.15) is 27.9 Å². The lowest BCUT2D eigenvalue weighted by Crippen LogP contribution is -2.04. The van der Waals surface area contributed by atoms with E-state index in [4.69, 9.17) is 9.84 Å². The second-order valence-corrected chi connectivity index (χ2v) is 3.81. The van der Waals surface area contributed by atoms with Crippen LogP contribution in [0.3, 0.4) is 0 Å². The van der Waals surface area contributed by atoms with Crippen LogP contribution in [0.2, 0.25) is 0 Å². The van der Waals surface area contributed by atoms with E-state index in [-0.39, 0.29) is 12.2 Å². The number of carbonyl (C=O) groups excluding carboxylic acids is 1. The van der Waals surface area contributed by atoms with Crippen molar-refractivity contribution in [3.8, 4) is 5.75 Å². The number of fused-ring (bicyclic) bond motifs is 1. The molecule has 0 saturated carbocycles. The fourth-order valence-corrected chi connectivity index (χ4v) is 2.01. The number of carbonyl (C=O) groups is 2. The van der Waals surface area contributed by atoms with Crippen LogP contribution in [0.5, 0.6) is 5.75 Å². The highest BCUT2D eigenvalue weighted by atomic mass is 16.5. The van der Waals surface area contributed by atoms with Gasteiger partial charge in [0.15, 0.2) is 5.78 Å². The van der Waals surface area contributed by atoms with E-state index in [1.165, 1.54) is 7.11 Å². The monoisotopic (exact) mass is 220 g/mol. The van der Waals surface area contributed by atoms with E-state index in [2.05, 4.69) is 0 Å². The maximum absolute atomic E-state index is 11.5. The van der Waals surface area contributed by atoms with Crippen LogP contribution in [0.25, 0.3) is 0 Å². The predicted octanol–water partition coefficient (Wildman–Crippen LogP) is 1.45. The van der Waals surface area contributed by atoms with Gasteiger partial charge >= 0.3 is 5.97 Å². The molecule has 0 radical (unpaired) electrons. The zero-order valence-electron chi connectivity index (χ0n) is 8.95. The molecule has 84 valence electrons. The number of aliphatic carboxylic acids is 1. The van der Waals surface area contributed by atoms with Crippen molar-refractivity contribution in [3.63, 3.8) is 0 Å². The second-order valence-electron chi connectivity index (χ2n) is 3.81. The maximum atomic E-state index is 11.5. The summed E-state index contributed by atoms with van der Waals surface area (Å²) in [7, 11) is 1.50. The summed E-state index contributed by atoms with van der Waals surface area (Å²) in [6.07, 6.45) is 1.11. The van der Waals surface area contributed by atoms with E-state index in [1.54, 1.807) is 12.1 Å². The highest BCUT2D eigenvalue weighted by molar-refractivity contribution is 6.01. The Morgan fingerprint density at radius 2 is 2.19 bits per heavy atom. The summed E-state index contributed by atoms with van der Waals surface area (Å²) in [6, 6.07) is 3.43. The number of benzene rings is 1. The maximum Gasteiger partial charge on any atom is 0.307 e. The number of ether oxygens (including phenoxy) is 1.